The molecule has 1 saturated carbocycles. The van der Waals surface area contributed by atoms with Crippen LogP contribution in [0.4, 0.5) is 23.4 Å². The Balaban J connectivity index is 0.00000304. The largest absolute Gasteiger partial charge is 0.405 e. The fourth-order valence-corrected chi connectivity index (χ4v) is 4.09. The zero-order chi connectivity index (χ0) is 24.7. The van der Waals surface area contributed by atoms with Gasteiger partial charge in [-0.05, 0) is 37.1 Å². The summed E-state index contributed by atoms with van der Waals surface area (Å²) in [6, 6.07) is 8.00. The quantitative estimate of drug-likeness (QED) is 0.460. The summed E-state index contributed by atoms with van der Waals surface area (Å²) in [7, 11) is 0. The van der Waals surface area contributed by atoms with Gasteiger partial charge in [0.15, 0.2) is 0 Å². The molecule has 2 amide bonds. The van der Waals surface area contributed by atoms with Crippen LogP contribution in [0.1, 0.15) is 34.8 Å². The maximum atomic E-state index is 14.7. The summed E-state index contributed by atoms with van der Waals surface area (Å²) in [5.41, 5.74) is 1.16. The first-order valence-corrected chi connectivity index (χ1v) is 11.2. The Kier molecular flexibility index (Phi) is 7.07. The fraction of sp³-hybridized carbons (Fsp3) is 0.391. The summed E-state index contributed by atoms with van der Waals surface area (Å²) < 4.78 is 53.1. The molecule has 2 N–H and O–H groups in total. The molecule has 2 aliphatic rings. The van der Waals surface area contributed by atoms with Crippen molar-refractivity contribution in [2.24, 2.45) is 0 Å². The molecule has 3 aromatic rings. The number of carbonyl (C=O) groups excluding carboxylic acids is 2. The van der Waals surface area contributed by atoms with Crippen molar-refractivity contribution < 1.29 is 27.2 Å². The predicted octanol–water partition coefficient (Wildman–Crippen LogP) is 3.48. The van der Waals surface area contributed by atoms with E-state index in [9.17, 15) is 27.2 Å². The van der Waals surface area contributed by atoms with Crippen molar-refractivity contribution >= 4 is 40.9 Å². The molecule has 0 atom stereocenters. The summed E-state index contributed by atoms with van der Waals surface area (Å²) in [6.07, 6.45) is -0.808. The third kappa shape index (κ3) is 5.53. The monoisotopic (exact) mass is 526 g/mol. The van der Waals surface area contributed by atoms with Crippen LogP contribution in [0.15, 0.2) is 36.5 Å². The lowest BCUT2D eigenvalue weighted by atomic mass is 9.93. The highest BCUT2D eigenvalue weighted by molar-refractivity contribution is 5.95. The van der Waals surface area contributed by atoms with E-state index in [4.69, 9.17) is 0 Å². The Labute approximate surface area is 209 Å². The molecule has 0 radical (unpaired) electrons. The first kappa shape index (κ1) is 25.7. The van der Waals surface area contributed by atoms with Crippen LogP contribution >= 0.6 is 12.4 Å². The molecular weight excluding hydrogens is 504 g/mol. The summed E-state index contributed by atoms with van der Waals surface area (Å²) in [5, 5.41) is 9.60. The van der Waals surface area contributed by atoms with Crippen molar-refractivity contribution in [1.29, 1.82) is 0 Å². The van der Waals surface area contributed by atoms with E-state index >= 15 is 0 Å². The van der Waals surface area contributed by atoms with E-state index in [2.05, 4.69) is 15.4 Å². The van der Waals surface area contributed by atoms with Crippen LogP contribution < -0.4 is 10.6 Å². The van der Waals surface area contributed by atoms with Crippen LogP contribution in [-0.2, 0) is 11.3 Å². The van der Waals surface area contributed by atoms with E-state index < -0.39 is 31.0 Å². The van der Waals surface area contributed by atoms with Gasteiger partial charge in [0, 0.05) is 36.8 Å². The number of benzene rings is 1. The van der Waals surface area contributed by atoms with Gasteiger partial charge in [0.2, 0.25) is 5.91 Å². The molecule has 2 aromatic heterocycles. The zero-order valence-corrected chi connectivity index (χ0v) is 19.7. The average molecular weight is 527 g/mol. The van der Waals surface area contributed by atoms with Crippen LogP contribution in [0.25, 0.3) is 10.9 Å². The second kappa shape index (κ2) is 9.92. The number of anilines is 1. The molecular formula is C23H23ClF4N6O2. The Morgan fingerprint density at radius 3 is 2.58 bits per heavy atom. The van der Waals surface area contributed by atoms with E-state index in [1.165, 1.54) is 16.8 Å². The van der Waals surface area contributed by atoms with Crippen molar-refractivity contribution in [1.82, 2.24) is 25.0 Å². The molecule has 36 heavy (non-hydrogen) atoms. The van der Waals surface area contributed by atoms with Crippen LogP contribution in [0.2, 0.25) is 0 Å². The van der Waals surface area contributed by atoms with Gasteiger partial charge in [-0.25, -0.2) is 9.37 Å². The number of hydrogen-bond donors (Lipinski definition) is 2. The molecule has 13 heteroatoms. The molecule has 1 aliphatic carbocycles. The summed E-state index contributed by atoms with van der Waals surface area (Å²) in [4.78, 5) is 30.8. The van der Waals surface area contributed by atoms with Crippen molar-refractivity contribution in [3.63, 3.8) is 0 Å². The molecule has 3 heterocycles. The van der Waals surface area contributed by atoms with Gasteiger partial charge >= 0.3 is 6.18 Å². The second-order valence-corrected chi connectivity index (χ2v) is 8.82. The SMILES string of the molecule is Cl.O=C(Cn1nc(C2CN(C(=O)c3ccnc(NC4CC4)c3)C2)c2c(F)cccc21)NCC(F)(F)F. The number of fused-ring (bicyclic) bond motifs is 1. The van der Waals surface area contributed by atoms with Gasteiger partial charge in [0.1, 0.15) is 24.7 Å². The average Bonchev–Trinajstić information content (AvgIpc) is 3.52. The van der Waals surface area contributed by atoms with Crippen LogP contribution in [0.3, 0.4) is 0 Å². The van der Waals surface area contributed by atoms with Crippen LogP contribution in [0.5, 0.6) is 0 Å². The molecule has 1 aromatic carbocycles. The molecule has 0 unspecified atom stereocenters. The third-order valence-corrected chi connectivity index (χ3v) is 6.03. The van der Waals surface area contributed by atoms with E-state index in [1.54, 1.807) is 34.6 Å². The van der Waals surface area contributed by atoms with E-state index in [-0.39, 0.29) is 29.6 Å². The number of aromatic nitrogens is 3. The third-order valence-electron chi connectivity index (χ3n) is 6.03. The second-order valence-electron chi connectivity index (χ2n) is 8.82. The van der Waals surface area contributed by atoms with Crippen LogP contribution in [-0.4, -0.2) is 63.3 Å². The maximum absolute atomic E-state index is 14.7. The number of alkyl halides is 3. The Morgan fingerprint density at radius 1 is 1.14 bits per heavy atom. The number of nitrogens with one attached hydrogen (secondary N) is 2. The lowest BCUT2D eigenvalue weighted by molar-refractivity contribution is -0.138. The number of rotatable bonds is 7. The molecule has 5 rings (SSSR count). The highest BCUT2D eigenvalue weighted by Crippen LogP contribution is 2.34. The van der Waals surface area contributed by atoms with E-state index in [0.717, 1.165) is 12.8 Å². The van der Waals surface area contributed by atoms with Gasteiger partial charge in [-0.1, -0.05) is 6.07 Å². The van der Waals surface area contributed by atoms with Gasteiger partial charge in [-0.3, -0.25) is 14.3 Å². The van der Waals surface area contributed by atoms with Gasteiger partial charge in [0.25, 0.3) is 5.91 Å². The summed E-state index contributed by atoms with van der Waals surface area (Å²) in [6.45, 7) is -1.35. The number of nitrogens with zero attached hydrogens (tertiary/aromatic N) is 4. The van der Waals surface area contributed by atoms with Gasteiger partial charge in [-0.15, -0.1) is 12.4 Å². The summed E-state index contributed by atoms with van der Waals surface area (Å²) in [5.74, 6) is -1.25. The molecule has 0 spiro atoms. The van der Waals surface area contributed by atoms with Crippen molar-refractivity contribution in [2.75, 3.05) is 25.0 Å². The van der Waals surface area contributed by atoms with Gasteiger partial charge in [-0.2, -0.15) is 18.3 Å². The Bertz CT molecular complexity index is 1290. The highest BCUT2D eigenvalue weighted by atomic mass is 35.5. The first-order chi connectivity index (χ1) is 16.7. The van der Waals surface area contributed by atoms with Crippen molar-refractivity contribution in [3.8, 4) is 0 Å². The van der Waals surface area contributed by atoms with Gasteiger partial charge < -0.3 is 15.5 Å². The molecule has 1 saturated heterocycles. The maximum Gasteiger partial charge on any atom is 0.405 e. The number of hydrogen-bond acceptors (Lipinski definition) is 5. The minimum Gasteiger partial charge on any atom is -0.367 e. The lowest BCUT2D eigenvalue weighted by Gasteiger charge is -2.38. The van der Waals surface area contributed by atoms with E-state index in [1.807, 2.05) is 0 Å². The number of pyridine rings is 1. The van der Waals surface area contributed by atoms with Gasteiger partial charge in [0.05, 0.1) is 16.6 Å². The fourth-order valence-electron chi connectivity index (χ4n) is 4.09. The zero-order valence-electron chi connectivity index (χ0n) is 18.9. The first-order valence-electron chi connectivity index (χ1n) is 11.2. The highest BCUT2D eigenvalue weighted by Gasteiger charge is 2.36. The number of likely N-dealkylation sites (tertiary alicyclic amines) is 1. The lowest BCUT2D eigenvalue weighted by Crippen LogP contribution is -2.48. The summed E-state index contributed by atoms with van der Waals surface area (Å²) >= 11 is 0. The molecule has 2 fully saturated rings. The predicted molar refractivity (Wildman–Crippen MR) is 126 cm³/mol. The smallest absolute Gasteiger partial charge is 0.367 e. The molecule has 1 aliphatic heterocycles. The molecule has 8 nitrogen and oxygen atoms in total. The van der Waals surface area contributed by atoms with Crippen LogP contribution in [0, 0.1) is 5.82 Å². The van der Waals surface area contributed by atoms with Crippen molar-refractivity contribution in [2.45, 2.75) is 37.5 Å². The standard InChI is InChI=1S/C23H22F4N6O2.ClH/c24-16-2-1-3-17-20(16)21(31-33(17)11-19(34)29-12-23(25,26)27)14-9-32(10-14)22(35)13-6-7-28-18(8-13)30-15-4-5-15;/h1-3,6-8,14-15H,4-5,9-12H2,(H,28,30)(H,29,34);1H. The molecule has 192 valence electrons. The number of carbonyl (C=O) groups is 2. The van der Waals surface area contributed by atoms with Crippen molar-refractivity contribution in [3.05, 3.63) is 53.6 Å². The minimum atomic E-state index is -4.54. The van der Waals surface area contributed by atoms with E-state index in [0.29, 0.717) is 41.7 Å². The Morgan fingerprint density at radius 2 is 1.89 bits per heavy atom. The minimum absolute atomic E-state index is 0. The Hall–Kier alpha value is -3.41. The molecule has 0 bridgehead atoms. The normalized spacial score (nSPS) is 15.8. The topological polar surface area (TPSA) is 92.2 Å². The number of amides is 2. The number of halogens is 5.